The van der Waals surface area contributed by atoms with Gasteiger partial charge in [0.1, 0.15) is 0 Å². The summed E-state index contributed by atoms with van der Waals surface area (Å²) in [6.45, 7) is 3.28. The van der Waals surface area contributed by atoms with E-state index in [1.165, 1.54) is 31.2 Å². The first-order chi connectivity index (χ1) is 11.7. The summed E-state index contributed by atoms with van der Waals surface area (Å²) in [4.78, 5) is 13.5. The van der Waals surface area contributed by atoms with Crippen LogP contribution in [0.25, 0.3) is 0 Å². The van der Waals surface area contributed by atoms with Crippen molar-refractivity contribution >= 4 is 21.5 Å². The number of nitrogens with zero attached hydrogens (tertiary/aromatic N) is 1. The van der Waals surface area contributed by atoms with Crippen molar-refractivity contribution in [3.63, 3.8) is 0 Å². The number of anilines is 1. The van der Waals surface area contributed by atoms with E-state index < -0.39 is 10.0 Å². The second-order valence-corrected chi connectivity index (χ2v) is 8.08. The molecule has 25 heavy (non-hydrogen) atoms. The summed E-state index contributed by atoms with van der Waals surface area (Å²) in [5.41, 5.74) is 2.66. The zero-order chi connectivity index (χ0) is 18.6. The van der Waals surface area contributed by atoms with E-state index in [-0.39, 0.29) is 16.7 Å². The molecule has 2 aromatic carbocycles. The van der Waals surface area contributed by atoms with Crippen molar-refractivity contribution in [2.24, 2.45) is 0 Å². The minimum atomic E-state index is -3.61. The maximum absolute atomic E-state index is 12.5. The fourth-order valence-electron chi connectivity index (χ4n) is 2.53. The molecule has 2 aromatic rings. The molecule has 1 N–H and O–H groups in total. The van der Waals surface area contributed by atoms with Crippen molar-refractivity contribution in [2.75, 3.05) is 19.0 Å². The topological polar surface area (TPSA) is 66.5 Å². The van der Waals surface area contributed by atoms with E-state index >= 15 is 0 Å². The SMILES string of the molecule is CC(=O)c1ccc(S(=O)(=O)NC(C)Cc2ccc(N(C)C)cc2)cc1. The third-order valence-electron chi connectivity index (χ3n) is 3.92. The molecule has 0 aromatic heterocycles. The summed E-state index contributed by atoms with van der Waals surface area (Å²) in [6, 6.07) is 13.7. The highest BCUT2D eigenvalue weighted by molar-refractivity contribution is 7.89. The number of benzene rings is 2. The summed E-state index contributed by atoms with van der Waals surface area (Å²) < 4.78 is 27.6. The van der Waals surface area contributed by atoms with Crippen molar-refractivity contribution in [3.8, 4) is 0 Å². The molecule has 0 saturated heterocycles. The highest BCUT2D eigenvalue weighted by Crippen LogP contribution is 2.15. The first-order valence-electron chi connectivity index (χ1n) is 8.08. The van der Waals surface area contributed by atoms with Crippen molar-refractivity contribution in [1.29, 1.82) is 0 Å². The molecule has 2 rings (SSSR count). The predicted molar refractivity (Wildman–Crippen MR) is 101 cm³/mol. The number of carbonyl (C=O) groups excluding carboxylic acids is 1. The number of rotatable bonds is 7. The van der Waals surface area contributed by atoms with E-state index in [0.29, 0.717) is 12.0 Å². The van der Waals surface area contributed by atoms with Crippen LogP contribution in [0.15, 0.2) is 53.4 Å². The van der Waals surface area contributed by atoms with E-state index in [9.17, 15) is 13.2 Å². The summed E-state index contributed by atoms with van der Waals surface area (Å²) in [6.07, 6.45) is 0.596. The third kappa shape index (κ3) is 5.14. The molecular formula is C19H24N2O3S. The van der Waals surface area contributed by atoms with Crippen LogP contribution in [-0.2, 0) is 16.4 Å². The van der Waals surface area contributed by atoms with Crippen LogP contribution in [0.1, 0.15) is 29.8 Å². The Balaban J connectivity index is 2.05. The Labute approximate surface area is 149 Å². The molecule has 6 heteroatoms. The lowest BCUT2D eigenvalue weighted by Gasteiger charge is -2.16. The Morgan fingerprint density at radius 1 is 1.04 bits per heavy atom. The van der Waals surface area contributed by atoms with Gasteiger partial charge in [-0.15, -0.1) is 0 Å². The largest absolute Gasteiger partial charge is 0.378 e. The minimum Gasteiger partial charge on any atom is -0.378 e. The Bertz CT molecular complexity index is 826. The molecule has 1 atom stereocenters. The van der Waals surface area contributed by atoms with Crippen molar-refractivity contribution in [1.82, 2.24) is 4.72 Å². The molecule has 1 unspecified atom stereocenters. The lowest BCUT2D eigenvalue weighted by atomic mass is 10.1. The smallest absolute Gasteiger partial charge is 0.240 e. The fourth-order valence-corrected chi connectivity index (χ4v) is 3.77. The summed E-state index contributed by atoms with van der Waals surface area (Å²) in [5.74, 6) is -0.0913. The van der Waals surface area contributed by atoms with Crippen LogP contribution in [0, 0.1) is 0 Å². The van der Waals surface area contributed by atoms with E-state index in [2.05, 4.69) is 4.72 Å². The lowest BCUT2D eigenvalue weighted by Crippen LogP contribution is -2.34. The Kier molecular flexibility index (Phi) is 5.98. The van der Waals surface area contributed by atoms with Gasteiger partial charge in [0.25, 0.3) is 0 Å². The molecule has 134 valence electrons. The van der Waals surface area contributed by atoms with E-state index in [1.54, 1.807) is 0 Å². The summed E-state index contributed by atoms with van der Waals surface area (Å²) >= 11 is 0. The number of hydrogen-bond donors (Lipinski definition) is 1. The van der Waals surface area contributed by atoms with Gasteiger partial charge in [-0.25, -0.2) is 13.1 Å². The molecule has 0 spiro atoms. The zero-order valence-corrected chi connectivity index (χ0v) is 15.8. The number of ketones is 1. The van der Waals surface area contributed by atoms with Gasteiger partial charge in [0.2, 0.25) is 10.0 Å². The monoisotopic (exact) mass is 360 g/mol. The number of carbonyl (C=O) groups is 1. The number of Topliss-reactive ketones (excluding diaryl/α,β-unsaturated/α-hetero) is 1. The maximum atomic E-state index is 12.5. The van der Waals surface area contributed by atoms with E-state index in [4.69, 9.17) is 0 Å². The molecule has 0 aliphatic carbocycles. The fraction of sp³-hybridized carbons (Fsp3) is 0.316. The van der Waals surface area contributed by atoms with Crippen LogP contribution in [-0.4, -0.2) is 34.3 Å². The summed E-state index contributed by atoms with van der Waals surface area (Å²) in [7, 11) is 0.337. The predicted octanol–water partition coefficient (Wildman–Crippen LogP) is 2.86. The molecule has 5 nitrogen and oxygen atoms in total. The number of hydrogen-bond acceptors (Lipinski definition) is 4. The van der Waals surface area contributed by atoms with Crippen LogP contribution in [0.3, 0.4) is 0 Å². The van der Waals surface area contributed by atoms with Gasteiger partial charge in [-0.3, -0.25) is 4.79 Å². The van der Waals surface area contributed by atoms with E-state index in [1.807, 2.05) is 50.2 Å². The second-order valence-electron chi connectivity index (χ2n) is 6.37. The van der Waals surface area contributed by atoms with Crippen molar-refractivity contribution in [3.05, 3.63) is 59.7 Å². The quantitative estimate of drug-likeness (QED) is 0.771. The maximum Gasteiger partial charge on any atom is 0.240 e. The molecular weight excluding hydrogens is 336 g/mol. The first-order valence-corrected chi connectivity index (χ1v) is 9.57. The third-order valence-corrected chi connectivity index (χ3v) is 5.53. The van der Waals surface area contributed by atoms with Gasteiger partial charge >= 0.3 is 0 Å². The molecule has 0 fully saturated rings. The zero-order valence-electron chi connectivity index (χ0n) is 15.0. The average Bonchev–Trinajstić information content (AvgIpc) is 2.54. The molecule has 0 saturated carbocycles. The Hall–Kier alpha value is -2.18. The van der Waals surface area contributed by atoms with Crippen LogP contribution in [0.4, 0.5) is 5.69 Å². The standard InChI is InChI=1S/C19H24N2O3S/c1-14(13-16-5-9-18(10-6-16)21(3)4)20-25(23,24)19-11-7-17(8-12-19)15(2)22/h5-12,14,20H,13H2,1-4H3. The van der Waals surface area contributed by atoms with E-state index in [0.717, 1.165) is 11.3 Å². The van der Waals surface area contributed by atoms with Crippen LogP contribution in [0.5, 0.6) is 0 Å². The highest BCUT2D eigenvalue weighted by Gasteiger charge is 2.18. The molecule has 0 amide bonds. The van der Waals surface area contributed by atoms with Gasteiger partial charge in [0, 0.05) is 31.4 Å². The normalized spacial score (nSPS) is 12.6. The highest BCUT2D eigenvalue weighted by atomic mass is 32.2. The first kappa shape index (κ1) is 19.1. The molecule has 0 radical (unpaired) electrons. The molecule has 0 bridgehead atoms. The van der Waals surface area contributed by atoms with Gasteiger partial charge in [-0.2, -0.15) is 0 Å². The Morgan fingerprint density at radius 2 is 1.60 bits per heavy atom. The van der Waals surface area contributed by atoms with Crippen molar-refractivity contribution in [2.45, 2.75) is 31.2 Å². The van der Waals surface area contributed by atoms with Gasteiger partial charge in [0.05, 0.1) is 4.90 Å². The average molecular weight is 360 g/mol. The Morgan fingerprint density at radius 3 is 2.08 bits per heavy atom. The minimum absolute atomic E-state index is 0.0913. The van der Waals surface area contributed by atoms with Gasteiger partial charge in [-0.1, -0.05) is 24.3 Å². The van der Waals surface area contributed by atoms with Gasteiger partial charge in [0.15, 0.2) is 5.78 Å². The van der Waals surface area contributed by atoms with Gasteiger partial charge in [-0.05, 0) is 50.1 Å². The van der Waals surface area contributed by atoms with Gasteiger partial charge < -0.3 is 4.90 Å². The van der Waals surface area contributed by atoms with Crippen molar-refractivity contribution < 1.29 is 13.2 Å². The van der Waals surface area contributed by atoms with Crippen LogP contribution < -0.4 is 9.62 Å². The molecule has 0 heterocycles. The number of sulfonamides is 1. The van der Waals surface area contributed by atoms with Crippen LogP contribution in [0.2, 0.25) is 0 Å². The number of nitrogens with one attached hydrogen (secondary N) is 1. The lowest BCUT2D eigenvalue weighted by molar-refractivity contribution is 0.101. The molecule has 0 aliphatic heterocycles. The van der Waals surface area contributed by atoms with Crippen LogP contribution >= 0.6 is 0 Å². The summed E-state index contributed by atoms with van der Waals surface area (Å²) in [5, 5.41) is 0. The molecule has 0 aliphatic rings. The second kappa shape index (κ2) is 7.80.